The molecular weight excluding hydrogens is 460 g/mol. The maximum absolute atomic E-state index is 13.8. The normalized spacial score (nSPS) is 23.1. The van der Waals surface area contributed by atoms with Crippen LogP contribution in [0, 0.1) is 11.8 Å². The molecule has 194 valence electrons. The predicted molar refractivity (Wildman–Crippen MR) is 146 cm³/mol. The molecule has 2 fully saturated rings. The number of aliphatic hydroxyl groups is 1. The summed E-state index contributed by atoms with van der Waals surface area (Å²) in [5.41, 5.74) is -0.542. The van der Waals surface area contributed by atoms with Crippen molar-refractivity contribution in [1.29, 1.82) is 0 Å². The first kappa shape index (κ1) is 25.5. The van der Waals surface area contributed by atoms with Crippen molar-refractivity contribution in [3.63, 3.8) is 0 Å². The van der Waals surface area contributed by atoms with Gasteiger partial charge < -0.3 is 19.6 Å². The summed E-state index contributed by atoms with van der Waals surface area (Å²) in [6, 6.07) is 29.1. The van der Waals surface area contributed by atoms with Crippen molar-refractivity contribution in [2.75, 3.05) is 27.2 Å². The van der Waals surface area contributed by atoms with Crippen LogP contribution in [-0.2, 0) is 10.4 Å². The molecule has 5 nitrogen and oxygen atoms in total. The summed E-state index contributed by atoms with van der Waals surface area (Å²) < 4.78 is 6.87. The highest BCUT2D eigenvalue weighted by molar-refractivity contribution is 5.90. The van der Waals surface area contributed by atoms with Gasteiger partial charge in [-0.2, -0.15) is 0 Å². The molecule has 1 amide bonds. The van der Waals surface area contributed by atoms with Crippen LogP contribution in [0.3, 0.4) is 0 Å². The fourth-order valence-corrected chi connectivity index (χ4v) is 6.94. The number of nitrogens with zero attached hydrogens (tertiary/aromatic N) is 1. The molecule has 0 heterocycles. The number of quaternary nitrogens is 1. The number of benzene rings is 3. The lowest BCUT2D eigenvalue weighted by atomic mass is 9.84. The molecular formula is C32H39N2O3+. The Morgan fingerprint density at radius 1 is 0.919 bits per heavy atom. The second-order valence-corrected chi connectivity index (χ2v) is 11.3. The summed E-state index contributed by atoms with van der Waals surface area (Å²) in [6.45, 7) is 1.73. The molecule has 2 saturated carbocycles. The van der Waals surface area contributed by atoms with Gasteiger partial charge in [-0.15, -0.1) is 0 Å². The molecule has 5 heteroatoms. The predicted octanol–water partition coefficient (Wildman–Crippen LogP) is 4.75. The molecule has 4 atom stereocenters. The van der Waals surface area contributed by atoms with Crippen molar-refractivity contribution in [2.45, 2.75) is 43.4 Å². The van der Waals surface area contributed by atoms with Crippen LogP contribution >= 0.6 is 0 Å². The van der Waals surface area contributed by atoms with Crippen molar-refractivity contribution in [3.05, 3.63) is 102 Å². The van der Waals surface area contributed by atoms with E-state index in [1.165, 1.54) is 6.42 Å². The van der Waals surface area contributed by atoms with Crippen LogP contribution in [0.5, 0.6) is 5.75 Å². The van der Waals surface area contributed by atoms with Gasteiger partial charge in [0.2, 0.25) is 0 Å². The third kappa shape index (κ3) is 5.16. The lowest BCUT2D eigenvalue weighted by Gasteiger charge is -2.39. The maximum Gasteiger partial charge on any atom is 0.261 e. The van der Waals surface area contributed by atoms with Gasteiger partial charge in [-0.05, 0) is 42.5 Å². The van der Waals surface area contributed by atoms with Gasteiger partial charge in [0.15, 0.2) is 5.60 Å². The van der Waals surface area contributed by atoms with Crippen molar-refractivity contribution in [1.82, 2.24) is 5.32 Å². The Labute approximate surface area is 220 Å². The van der Waals surface area contributed by atoms with Gasteiger partial charge >= 0.3 is 0 Å². The highest BCUT2D eigenvalue weighted by Gasteiger charge is 2.56. The van der Waals surface area contributed by atoms with E-state index in [1.54, 1.807) is 0 Å². The maximum atomic E-state index is 13.8. The van der Waals surface area contributed by atoms with Gasteiger partial charge in [0.25, 0.3) is 5.91 Å². The highest BCUT2D eigenvalue weighted by Crippen LogP contribution is 2.49. The van der Waals surface area contributed by atoms with Gasteiger partial charge in [-0.3, -0.25) is 4.79 Å². The fraction of sp³-hybridized carbons (Fsp3) is 0.406. The number of hydrogen-bond acceptors (Lipinski definition) is 3. The van der Waals surface area contributed by atoms with Gasteiger partial charge in [-0.25, -0.2) is 0 Å². The van der Waals surface area contributed by atoms with E-state index in [-0.39, 0.29) is 11.9 Å². The number of amides is 1. The zero-order valence-electron chi connectivity index (χ0n) is 21.9. The van der Waals surface area contributed by atoms with E-state index in [0.717, 1.165) is 36.0 Å². The quantitative estimate of drug-likeness (QED) is 0.313. The second-order valence-electron chi connectivity index (χ2n) is 11.3. The minimum absolute atomic E-state index is 0.0770. The number of rotatable bonds is 10. The number of nitrogens with one attached hydrogen (secondary N) is 1. The van der Waals surface area contributed by atoms with E-state index in [1.807, 2.05) is 91.0 Å². The number of fused-ring (bicyclic) bond motifs is 2. The molecule has 2 aliphatic carbocycles. The highest BCUT2D eigenvalue weighted by atomic mass is 16.5. The lowest BCUT2D eigenvalue weighted by molar-refractivity contribution is -0.919. The summed E-state index contributed by atoms with van der Waals surface area (Å²) in [5, 5.41) is 15.2. The van der Waals surface area contributed by atoms with Gasteiger partial charge in [-0.1, -0.05) is 78.9 Å². The number of carbonyl (C=O) groups excluding carboxylic acids is 1. The molecule has 2 N–H and O–H groups in total. The Bertz CT molecular complexity index is 1130. The van der Waals surface area contributed by atoms with Gasteiger partial charge in [0.05, 0.1) is 33.3 Å². The minimum atomic E-state index is -1.72. The number of carbonyl (C=O) groups is 1. The number of ether oxygens (including phenoxy) is 1. The topological polar surface area (TPSA) is 58.6 Å². The fourth-order valence-electron chi connectivity index (χ4n) is 6.94. The van der Waals surface area contributed by atoms with Gasteiger partial charge in [0, 0.05) is 24.3 Å². The molecule has 0 spiro atoms. The Morgan fingerprint density at radius 3 is 2.08 bits per heavy atom. The van der Waals surface area contributed by atoms with Crippen LogP contribution < -0.4 is 10.1 Å². The molecule has 2 bridgehead atoms. The molecule has 4 unspecified atom stereocenters. The average Bonchev–Trinajstić information content (AvgIpc) is 3.51. The van der Waals surface area contributed by atoms with Crippen LogP contribution in [0.4, 0.5) is 0 Å². The molecule has 0 saturated heterocycles. The first-order chi connectivity index (χ1) is 17.9. The summed E-state index contributed by atoms with van der Waals surface area (Å²) in [4.78, 5) is 13.8. The van der Waals surface area contributed by atoms with Crippen LogP contribution in [0.15, 0.2) is 91.0 Å². The number of hydrogen-bond donors (Lipinski definition) is 2. The van der Waals surface area contributed by atoms with Crippen molar-refractivity contribution < 1.29 is 19.1 Å². The summed E-state index contributed by atoms with van der Waals surface area (Å²) in [5.74, 6) is 1.58. The first-order valence-corrected chi connectivity index (χ1v) is 13.5. The molecule has 0 aliphatic heterocycles. The Hall–Kier alpha value is -3.15. The van der Waals surface area contributed by atoms with E-state index in [2.05, 4.69) is 19.4 Å². The zero-order valence-corrected chi connectivity index (χ0v) is 21.9. The second kappa shape index (κ2) is 10.7. The molecule has 2 aliphatic rings. The first-order valence-electron chi connectivity index (χ1n) is 13.5. The van der Waals surface area contributed by atoms with E-state index < -0.39 is 5.60 Å². The van der Waals surface area contributed by atoms with E-state index in [9.17, 15) is 9.90 Å². The minimum Gasteiger partial charge on any atom is -0.493 e. The van der Waals surface area contributed by atoms with E-state index in [0.29, 0.717) is 35.6 Å². The van der Waals surface area contributed by atoms with Crippen molar-refractivity contribution in [3.8, 4) is 5.75 Å². The van der Waals surface area contributed by atoms with Crippen LogP contribution in [0.25, 0.3) is 0 Å². The van der Waals surface area contributed by atoms with Crippen LogP contribution in [0.1, 0.15) is 36.8 Å². The summed E-state index contributed by atoms with van der Waals surface area (Å²) >= 11 is 0. The molecule has 3 aromatic carbocycles. The average molecular weight is 500 g/mol. The summed E-state index contributed by atoms with van der Waals surface area (Å²) in [7, 11) is 4.65. The Balaban J connectivity index is 1.26. The monoisotopic (exact) mass is 499 g/mol. The van der Waals surface area contributed by atoms with Crippen LogP contribution in [0.2, 0.25) is 0 Å². The smallest absolute Gasteiger partial charge is 0.261 e. The third-order valence-corrected chi connectivity index (χ3v) is 8.59. The molecule has 0 aromatic heterocycles. The van der Waals surface area contributed by atoms with Gasteiger partial charge in [0.1, 0.15) is 5.75 Å². The SMILES string of the molecule is C[N+](C)(CCCOc1ccccc1)C1C2CCC1C(NC(=O)C(O)(c1ccccc1)c1ccccc1)C2. The summed E-state index contributed by atoms with van der Waals surface area (Å²) in [6.07, 6.45) is 4.29. The lowest BCUT2D eigenvalue weighted by Crippen LogP contribution is -2.55. The standard InChI is InChI=1S/C32H38N2O3/c1-34(2,21-12-22-37-27-17-10-5-11-18-27)30-24-19-20-28(30)29(23-24)33-31(35)32(36,25-13-6-3-7-14-25)26-15-8-4-9-16-26/h3-11,13-18,24,28-30,36H,12,19-23H2,1-2H3/p+1. The Kier molecular flexibility index (Phi) is 7.36. The molecule has 5 rings (SSSR count). The molecule has 3 aromatic rings. The van der Waals surface area contributed by atoms with Crippen LogP contribution in [-0.4, -0.2) is 54.8 Å². The van der Waals surface area contributed by atoms with E-state index in [4.69, 9.17) is 4.74 Å². The zero-order chi connectivity index (χ0) is 25.9. The molecule has 37 heavy (non-hydrogen) atoms. The van der Waals surface area contributed by atoms with E-state index >= 15 is 0 Å². The van der Waals surface area contributed by atoms with Crippen molar-refractivity contribution in [2.24, 2.45) is 11.8 Å². The largest absolute Gasteiger partial charge is 0.493 e. The number of para-hydroxylation sites is 1. The molecule has 0 radical (unpaired) electrons. The third-order valence-electron chi connectivity index (χ3n) is 8.59. The Morgan fingerprint density at radius 2 is 1.49 bits per heavy atom. The van der Waals surface area contributed by atoms with Crippen molar-refractivity contribution >= 4 is 5.91 Å².